The Kier molecular flexibility index (Phi) is 5.62. The lowest BCUT2D eigenvalue weighted by molar-refractivity contribution is -0.385. The minimum absolute atomic E-state index is 0.160. The number of anilines is 1. The maximum absolute atomic E-state index is 11.0. The number of aromatic carboxylic acids is 1. The Labute approximate surface area is 115 Å². The first-order valence-corrected chi connectivity index (χ1v) is 6.97. The molecule has 0 amide bonds. The number of nitro groups is 1. The molecule has 0 aliphatic heterocycles. The Morgan fingerprint density at radius 2 is 2.26 bits per heavy atom. The highest BCUT2D eigenvalue weighted by Gasteiger charge is 2.20. The van der Waals surface area contributed by atoms with Crippen LogP contribution in [0.4, 0.5) is 11.4 Å². The molecule has 1 unspecified atom stereocenters. The van der Waals surface area contributed by atoms with Gasteiger partial charge in [0, 0.05) is 23.5 Å². The fourth-order valence-corrected chi connectivity index (χ4v) is 2.25. The molecule has 19 heavy (non-hydrogen) atoms. The van der Waals surface area contributed by atoms with Crippen molar-refractivity contribution in [2.45, 2.75) is 19.9 Å². The van der Waals surface area contributed by atoms with Crippen LogP contribution in [-0.4, -0.2) is 33.5 Å². The number of thioether (sulfide) groups is 1. The number of hydrogen-bond acceptors (Lipinski definition) is 5. The lowest BCUT2D eigenvalue weighted by atomic mass is 10.1. The van der Waals surface area contributed by atoms with Gasteiger partial charge >= 0.3 is 5.97 Å². The van der Waals surface area contributed by atoms with Gasteiger partial charge in [0.2, 0.25) is 0 Å². The third-order valence-corrected chi connectivity index (χ3v) is 3.55. The number of benzene rings is 1. The second-order valence-electron chi connectivity index (χ2n) is 4.00. The van der Waals surface area contributed by atoms with Crippen LogP contribution in [0.5, 0.6) is 0 Å². The Morgan fingerprint density at radius 3 is 2.79 bits per heavy atom. The molecular weight excluding hydrogens is 268 g/mol. The van der Waals surface area contributed by atoms with E-state index in [0.29, 0.717) is 5.69 Å². The van der Waals surface area contributed by atoms with E-state index >= 15 is 0 Å². The monoisotopic (exact) mass is 284 g/mol. The fourth-order valence-electron chi connectivity index (χ4n) is 1.58. The van der Waals surface area contributed by atoms with Gasteiger partial charge in [0.05, 0.1) is 4.92 Å². The quantitative estimate of drug-likeness (QED) is 0.591. The second-order valence-corrected chi connectivity index (χ2v) is 5.32. The third-order valence-electron chi connectivity index (χ3n) is 2.41. The maximum atomic E-state index is 11.0. The lowest BCUT2D eigenvalue weighted by Crippen LogP contribution is -2.18. The van der Waals surface area contributed by atoms with Gasteiger partial charge in [-0.25, -0.2) is 4.79 Å². The topological polar surface area (TPSA) is 92.5 Å². The zero-order valence-corrected chi connectivity index (χ0v) is 11.6. The second kappa shape index (κ2) is 6.98. The van der Waals surface area contributed by atoms with Gasteiger partial charge in [-0.1, -0.05) is 6.92 Å². The highest BCUT2D eigenvalue weighted by atomic mass is 32.2. The molecule has 1 aromatic rings. The summed E-state index contributed by atoms with van der Waals surface area (Å²) in [5.41, 5.74) is -0.119. The highest BCUT2D eigenvalue weighted by molar-refractivity contribution is 7.99. The molecule has 0 aromatic heterocycles. The van der Waals surface area contributed by atoms with Crippen LogP contribution in [0.15, 0.2) is 18.2 Å². The molecule has 0 heterocycles. The van der Waals surface area contributed by atoms with E-state index in [1.807, 2.05) is 6.92 Å². The summed E-state index contributed by atoms with van der Waals surface area (Å²) in [5.74, 6) is 0.591. The molecule has 2 N–H and O–H groups in total. The molecule has 0 spiro atoms. The number of carboxylic acids is 1. The number of hydrogen-bond donors (Lipinski definition) is 2. The number of nitro benzene ring substituents is 1. The number of nitrogens with zero attached hydrogens (tertiary/aromatic N) is 1. The Balaban J connectivity index is 2.90. The van der Waals surface area contributed by atoms with Crippen LogP contribution in [0.3, 0.4) is 0 Å². The van der Waals surface area contributed by atoms with Crippen molar-refractivity contribution in [3.8, 4) is 0 Å². The van der Waals surface area contributed by atoms with Gasteiger partial charge in [-0.2, -0.15) is 11.8 Å². The predicted octanol–water partition coefficient (Wildman–Crippen LogP) is 2.85. The van der Waals surface area contributed by atoms with E-state index in [0.717, 1.165) is 11.5 Å². The van der Waals surface area contributed by atoms with Crippen molar-refractivity contribution in [1.29, 1.82) is 0 Å². The molecule has 104 valence electrons. The molecule has 0 saturated heterocycles. The Bertz CT molecular complexity index is 479. The van der Waals surface area contributed by atoms with Crippen LogP contribution >= 0.6 is 11.8 Å². The predicted molar refractivity (Wildman–Crippen MR) is 76.1 cm³/mol. The zero-order chi connectivity index (χ0) is 14.4. The SMILES string of the molecule is CCSCC(C)Nc1ccc([N+](=O)[O-])c(C(=O)O)c1. The normalized spacial score (nSPS) is 11.9. The lowest BCUT2D eigenvalue weighted by Gasteiger charge is -2.14. The van der Waals surface area contributed by atoms with Crippen molar-refractivity contribution in [1.82, 2.24) is 0 Å². The van der Waals surface area contributed by atoms with E-state index in [2.05, 4.69) is 12.2 Å². The molecule has 1 rings (SSSR count). The summed E-state index contributed by atoms with van der Waals surface area (Å²) in [5, 5.41) is 22.8. The van der Waals surface area contributed by atoms with Crippen LogP contribution in [0.1, 0.15) is 24.2 Å². The Morgan fingerprint density at radius 1 is 1.58 bits per heavy atom. The molecule has 1 aromatic carbocycles. The van der Waals surface area contributed by atoms with Gasteiger partial charge in [0.25, 0.3) is 5.69 Å². The summed E-state index contributed by atoms with van der Waals surface area (Å²) in [6, 6.07) is 4.20. The first-order chi connectivity index (χ1) is 8.95. The summed E-state index contributed by atoms with van der Waals surface area (Å²) in [7, 11) is 0. The fraction of sp³-hybridized carbons (Fsp3) is 0.417. The van der Waals surface area contributed by atoms with E-state index in [9.17, 15) is 14.9 Å². The molecule has 0 fully saturated rings. The standard InChI is InChI=1S/C12H16N2O4S/c1-3-19-7-8(2)13-9-4-5-11(14(17)18)10(6-9)12(15)16/h4-6,8,13H,3,7H2,1-2H3,(H,15,16). The number of carbonyl (C=O) groups is 1. The van der Waals surface area contributed by atoms with Crippen molar-refractivity contribution in [3.05, 3.63) is 33.9 Å². The van der Waals surface area contributed by atoms with Crippen LogP contribution in [0.25, 0.3) is 0 Å². The van der Waals surface area contributed by atoms with Crippen molar-refractivity contribution in [2.24, 2.45) is 0 Å². The van der Waals surface area contributed by atoms with E-state index < -0.39 is 16.6 Å². The van der Waals surface area contributed by atoms with Gasteiger partial charge in [0.1, 0.15) is 5.56 Å². The molecule has 1 atom stereocenters. The molecule has 0 aliphatic carbocycles. The van der Waals surface area contributed by atoms with Gasteiger partial charge in [-0.05, 0) is 24.8 Å². The average Bonchev–Trinajstić information content (AvgIpc) is 2.35. The minimum atomic E-state index is -1.30. The molecule has 6 nitrogen and oxygen atoms in total. The molecule has 0 bridgehead atoms. The van der Waals surface area contributed by atoms with Gasteiger partial charge in [-0.3, -0.25) is 10.1 Å². The summed E-state index contributed by atoms with van der Waals surface area (Å²) < 4.78 is 0. The molecule has 0 radical (unpaired) electrons. The largest absolute Gasteiger partial charge is 0.477 e. The van der Waals surface area contributed by atoms with Gasteiger partial charge in [0.15, 0.2) is 0 Å². The number of nitrogens with one attached hydrogen (secondary N) is 1. The highest BCUT2D eigenvalue weighted by Crippen LogP contribution is 2.23. The molecule has 0 aliphatic rings. The summed E-state index contributed by atoms with van der Waals surface area (Å²) >= 11 is 1.77. The average molecular weight is 284 g/mol. The minimum Gasteiger partial charge on any atom is -0.477 e. The van der Waals surface area contributed by atoms with E-state index in [1.54, 1.807) is 11.8 Å². The van der Waals surface area contributed by atoms with E-state index in [4.69, 9.17) is 5.11 Å². The molecule has 7 heteroatoms. The zero-order valence-electron chi connectivity index (χ0n) is 10.8. The van der Waals surface area contributed by atoms with Crippen molar-refractivity contribution in [3.63, 3.8) is 0 Å². The van der Waals surface area contributed by atoms with Crippen LogP contribution < -0.4 is 5.32 Å². The van der Waals surface area contributed by atoms with Crippen LogP contribution in [0, 0.1) is 10.1 Å². The summed E-state index contributed by atoms with van der Waals surface area (Å²) in [4.78, 5) is 21.0. The third kappa shape index (κ3) is 4.44. The molecular formula is C12H16N2O4S. The van der Waals surface area contributed by atoms with Gasteiger partial charge in [-0.15, -0.1) is 0 Å². The number of rotatable bonds is 7. The molecule has 0 saturated carbocycles. The van der Waals surface area contributed by atoms with E-state index in [1.165, 1.54) is 18.2 Å². The van der Waals surface area contributed by atoms with Crippen molar-refractivity contribution >= 4 is 29.1 Å². The summed E-state index contributed by atoms with van der Waals surface area (Å²) in [6.07, 6.45) is 0. The van der Waals surface area contributed by atoms with E-state index in [-0.39, 0.29) is 11.6 Å². The smallest absolute Gasteiger partial charge is 0.342 e. The first kappa shape index (κ1) is 15.3. The Hall–Kier alpha value is -1.76. The maximum Gasteiger partial charge on any atom is 0.342 e. The van der Waals surface area contributed by atoms with Crippen molar-refractivity contribution < 1.29 is 14.8 Å². The van der Waals surface area contributed by atoms with Gasteiger partial charge < -0.3 is 10.4 Å². The summed E-state index contributed by atoms with van der Waals surface area (Å²) in [6.45, 7) is 4.04. The van der Waals surface area contributed by atoms with Crippen LogP contribution in [0.2, 0.25) is 0 Å². The van der Waals surface area contributed by atoms with Crippen LogP contribution in [-0.2, 0) is 0 Å². The van der Waals surface area contributed by atoms with Crippen molar-refractivity contribution in [2.75, 3.05) is 16.8 Å². The first-order valence-electron chi connectivity index (χ1n) is 5.81. The number of carboxylic acid groups (broad SMARTS) is 1.